The Bertz CT molecular complexity index is 531. The first kappa shape index (κ1) is 16.5. The summed E-state index contributed by atoms with van der Waals surface area (Å²) in [6.07, 6.45) is 0. The van der Waals surface area contributed by atoms with Gasteiger partial charge < -0.3 is 0 Å². The Morgan fingerprint density at radius 3 is 1.00 bits per heavy atom. The highest BCUT2D eigenvalue weighted by Gasteiger charge is 2.49. The van der Waals surface area contributed by atoms with Gasteiger partial charge in [0.05, 0.1) is 0 Å². The Balaban J connectivity index is 2.45. The molecule has 0 aliphatic carbocycles. The van der Waals surface area contributed by atoms with Crippen molar-refractivity contribution >= 4 is 69.6 Å². The van der Waals surface area contributed by atoms with E-state index in [-0.39, 0.29) is 0 Å². The van der Waals surface area contributed by atoms with Crippen molar-refractivity contribution in [2.75, 3.05) is 0 Å². The van der Waals surface area contributed by atoms with E-state index in [1.54, 1.807) is 48.5 Å². The number of benzene rings is 2. The zero-order chi connectivity index (χ0) is 15.0. The van der Waals surface area contributed by atoms with Gasteiger partial charge in [-0.3, -0.25) is 0 Å². The molecule has 0 spiro atoms. The van der Waals surface area contributed by atoms with Crippen LogP contribution < -0.4 is 0 Å². The van der Waals surface area contributed by atoms with Gasteiger partial charge in [0.2, 0.25) is 0 Å². The fourth-order valence-electron chi connectivity index (χ4n) is 1.68. The summed E-state index contributed by atoms with van der Waals surface area (Å²) in [7, 11) is 0. The molecule has 20 heavy (non-hydrogen) atoms. The summed E-state index contributed by atoms with van der Waals surface area (Å²) in [5.41, 5.74) is 1.09. The molecule has 0 N–H and O–H groups in total. The third-order valence-electron chi connectivity index (χ3n) is 2.81. The van der Waals surface area contributed by atoms with Gasteiger partial charge in [0.1, 0.15) is 0 Å². The normalized spacial score (nSPS) is 12.5. The summed E-state index contributed by atoms with van der Waals surface area (Å²) in [6, 6.07) is 13.4. The van der Waals surface area contributed by atoms with Crippen LogP contribution in [0.25, 0.3) is 0 Å². The van der Waals surface area contributed by atoms with Crippen LogP contribution in [0.1, 0.15) is 11.1 Å². The minimum absolute atomic E-state index is 0.546. The van der Waals surface area contributed by atoms with E-state index in [0.29, 0.717) is 21.2 Å². The van der Waals surface area contributed by atoms with E-state index in [0.717, 1.165) is 0 Å². The molecular weight excluding hydrogens is 381 g/mol. The van der Waals surface area contributed by atoms with Crippen LogP contribution in [0.2, 0.25) is 10.0 Å². The largest absolute Gasteiger partial charge is 0.180 e. The van der Waals surface area contributed by atoms with Gasteiger partial charge >= 0.3 is 0 Å². The molecule has 0 fully saturated rings. The third kappa shape index (κ3) is 3.16. The smallest absolute Gasteiger partial charge is 0.0925 e. The summed E-state index contributed by atoms with van der Waals surface area (Å²) in [6.45, 7) is 0. The number of rotatable bonds is 3. The van der Waals surface area contributed by atoms with Crippen molar-refractivity contribution in [3.63, 3.8) is 0 Å². The van der Waals surface area contributed by atoms with E-state index in [4.69, 9.17) is 69.6 Å². The topological polar surface area (TPSA) is 0 Å². The maximum absolute atomic E-state index is 6.41. The molecule has 106 valence electrons. The Morgan fingerprint density at radius 2 is 0.750 bits per heavy atom. The molecule has 0 aliphatic rings. The Morgan fingerprint density at radius 1 is 0.500 bits per heavy atom. The molecule has 0 aromatic heterocycles. The molecule has 0 unspecified atom stereocenters. The Labute approximate surface area is 147 Å². The summed E-state index contributed by atoms with van der Waals surface area (Å²) >= 11 is 37.3. The quantitative estimate of drug-likeness (QED) is 0.499. The number of halogens is 6. The summed E-state index contributed by atoms with van der Waals surface area (Å²) in [5.74, 6) is 0. The van der Waals surface area contributed by atoms with Crippen LogP contribution in [0.4, 0.5) is 0 Å². The first-order chi connectivity index (χ1) is 9.25. The van der Waals surface area contributed by atoms with Crippen molar-refractivity contribution in [3.8, 4) is 0 Å². The van der Waals surface area contributed by atoms with Crippen LogP contribution in [0.15, 0.2) is 48.5 Å². The summed E-state index contributed by atoms with van der Waals surface area (Å²) in [4.78, 5) is 0. The fraction of sp³-hybridized carbons (Fsp3) is 0.143. The van der Waals surface area contributed by atoms with Crippen molar-refractivity contribution in [2.24, 2.45) is 0 Å². The van der Waals surface area contributed by atoms with Gasteiger partial charge in [-0.2, -0.15) is 0 Å². The lowest BCUT2D eigenvalue weighted by molar-refractivity contribution is 0.732. The molecule has 2 aromatic carbocycles. The molecule has 0 saturated carbocycles. The van der Waals surface area contributed by atoms with E-state index in [1.807, 2.05) is 0 Å². The van der Waals surface area contributed by atoms with Crippen LogP contribution in [-0.2, 0) is 8.67 Å². The average molecular weight is 389 g/mol. The van der Waals surface area contributed by atoms with Gasteiger partial charge in [-0.1, -0.05) is 93.9 Å². The van der Waals surface area contributed by atoms with E-state index < -0.39 is 8.67 Å². The maximum atomic E-state index is 6.41. The second kappa shape index (κ2) is 6.12. The lowest BCUT2D eigenvalue weighted by Crippen LogP contribution is -2.31. The van der Waals surface area contributed by atoms with Crippen molar-refractivity contribution in [1.82, 2.24) is 0 Å². The van der Waals surface area contributed by atoms with Crippen molar-refractivity contribution in [3.05, 3.63) is 69.7 Å². The predicted molar refractivity (Wildman–Crippen MR) is 89.7 cm³/mol. The van der Waals surface area contributed by atoms with Crippen molar-refractivity contribution < 1.29 is 0 Å². The van der Waals surface area contributed by atoms with Gasteiger partial charge in [-0.15, -0.1) is 0 Å². The van der Waals surface area contributed by atoms with Crippen LogP contribution in [0, 0.1) is 0 Å². The SMILES string of the molecule is Clc1ccc(C(Cl)(Cl)C(Cl)(Cl)c2ccc(Cl)cc2)cc1. The maximum Gasteiger partial charge on any atom is 0.180 e. The summed E-state index contributed by atoms with van der Waals surface area (Å²) < 4.78 is -3.09. The first-order valence-electron chi connectivity index (χ1n) is 5.53. The highest BCUT2D eigenvalue weighted by Crippen LogP contribution is 2.56. The molecule has 0 aliphatic heterocycles. The van der Waals surface area contributed by atoms with Crippen LogP contribution in [0.5, 0.6) is 0 Å². The van der Waals surface area contributed by atoms with Crippen molar-refractivity contribution in [2.45, 2.75) is 8.67 Å². The van der Waals surface area contributed by atoms with Gasteiger partial charge in [-0.05, 0) is 35.4 Å². The van der Waals surface area contributed by atoms with Gasteiger partial charge in [0, 0.05) is 10.0 Å². The third-order valence-corrected chi connectivity index (χ3v) is 5.71. The molecule has 6 heteroatoms. The zero-order valence-electron chi connectivity index (χ0n) is 9.89. The second-order valence-electron chi connectivity index (χ2n) is 4.16. The van der Waals surface area contributed by atoms with Gasteiger partial charge in [-0.25, -0.2) is 0 Å². The standard InChI is InChI=1S/C14H8Cl6/c15-11-5-1-9(2-6-11)13(17,18)14(19,20)10-3-7-12(16)8-4-10/h1-8H. The molecule has 0 nitrogen and oxygen atoms in total. The van der Waals surface area contributed by atoms with Crippen LogP contribution in [0.3, 0.4) is 0 Å². The molecule has 2 rings (SSSR count). The van der Waals surface area contributed by atoms with Gasteiger partial charge in [0.25, 0.3) is 0 Å². The van der Waals surface area contributed by atoms with E-state index in [2.05, 4.69) is 0 Å². The fourth-order valence-corrected chi connectivity index (χ4v) is 2.87. The molecular formula is C14H8Cl6. The molecule has 0 heterocycles. The molecule has 0 saturated heterocycles. The highest BCUT2D eigenvalue weighted by molar-refractivity contribution is 6.61. The van der Waals surface area contributed by atoms with Crippen LogP contribution in [-0.4, -0.2) is 0 Å². The number of hydrogen-bond acceptors (Lipinski definition) is 0. The molecule has 0 bridgehead atoms. The van der Waals surface area contributed by atoms with Crippen LogP contribution >= 0.6 is 69.6 Å². The van der Waals surface area contributed by atoms with Gasteiger partial charge in [0.15, 0.2) is 8.67 Å². The molecule has 2 aromatic rings. The zero-order valence-corrected chi connectivity index (χ0v) is 14.4. The Hall–Kier alpha value is 0.180. The van der Waals surface area contributed by atoms with Crippen molar-refractivity contribution in [1.29, 1.82) is 0 Å². The van der Waals surface area contributed by atoms with E-state index in [1.165, 1.54) is 0 Å². The molecule has 0 atom stereocenters. The monoisotopic (exact) mass is 386 g/mol. The second-order valence-corrected chi connectivity index (χ2v) is 7.69. The Kier molecular flexibility index (Phi) is 5.07. The average Bonchev–Trinajstić information content (AvgIpc) is 2.39. The van der Waals surface area contributed by atoms with E-state index in [9.17, 15) is 0 Å². The predicted octanol–water partition coefficient (Wildman–Crippen LogP) is 6.95. The first-order valence-corrected chi connectivity index (χ1v) is 7.79. The number of alkyl halides is 4. The minimum Gasteiger partial charge on any atom is -0.0925 e. The molecule has 0 amide bonds. The van der Waals surface area contributed by atoms with E-state index >= 15 is 0 Å². The number of hydrogen-bond donors (Lipinski definition) is 0. The summed E-state index contributed by atoms with van der Waals surface area (Å²) in [5, 5.41) is 1.14. The highest BCUT2D eigenvalue weighted by atomic mass is 35.5. The minimum atomic E-state index is -1.55. The lowest BCUT2D eigenvalue weighted by atomic mass is 10.0. The molecule has 0 radical (unpaired) electrons. The lowest BCUT2D eigenvalue weighted by Gasteiger charge is -2.33.